The van der Waals surface area contributed by atoms with Crippen LogP contribution < -0.4 is 19.7 Å². The summed E-state index contributed by atoms with van der Waals surface area (Å²) in [4.78, 5) is 38.7. The molecular formula is C24H24Cl2N2O5. The van der Waals surface area contributed by atoms with Crippen molar-refractivity contribution in [3.8, 4) is 11.5 Å². The van der Waals surface area contributed by atoms with Gasteiger partial charge in [0.1, 0.15) is 5.57 Å². The molecule has 7 nitrogen and oxygen atoms in total. The van der Waals surface area contributed by atoms with Crippen molar-refractivity contribution in [1.82, 2.24) is 5.32 Å². The van der Waals surface area contributed by atoms with Crippen LogP contribution >= 0.6 is 23.2 Å². The number of nitrogens with zero attached hydrogens (tertiary/aromatic N) is 1. The molecule has 0 radical (unpaired) electrons. The summed E-state index contributed by atoms with van der Waals surface area (Å²) in [6.07, 6.45) is 5.55. The highest BCUT2D eigenvalue weighted by Crippen LogP contribution is 2.37. The van der Waals surface area contributed by atoms with Crippen molar-refractivity contribution in [3.05, 3.63) is 57.6 Å². The fraction of sp³-hybridized carbons (Fsp3) is 0.292. The molecule has 9 heteroatoms. The lowest BCUT2D eigenvalue weighted by atomic mass is 10.1. The number of benzene rings is 2. The molecule has 0 spiro atoms. The SMILES string of the molecule is CCCCCCOc1c(Cl)cc(/C=C2\C(=O)NC(=O)N(c3cccc(Cl)c3)C2=O)cc1OC. The number of nitrogens with one attached hydrogen (secondary N) is 1. The normalized spacial score (nSPS) is 15.1. The summed E-state index contributed by atoms with van der Waals surface area (Å²) in [6, 6.07) is 8.54. The molecule has 3 rings (SSSR count). The molecule has 1 N–H and O–H groups in total. The van der Waals surface area contributed by atoms with Crippen molar-refractivity contribution in [2.75, 3.05) is 18.6 Å². The maximum absolute atomic E-state index is 13.0. The van der Waals surface area contributed by atoms with Crippen molar-refractivity contribution < 1.29 is 23.9 Å². The van der Waals surface area contributed by atoms with Crippen molar-refractivity contribution in [1.29, 1.82) is 0 Å². The first-order valence-electron chi connectivity index (χ1n) is 10.5. The van der Waals surface area contributed by atoms with E-state index in [9.17, 15) is 14.4 Å². The van der Waals surface area contributed by atoms with Gasteiger partial charge in [-0.05, 0) is 48.4 Å². The van der Waals surface area contributed by atoms with Crippen LogP contribution in [0.4, 0.5) is 10.5 Å². The van der Waals surface area contributed by atoms with Crippen LogP contribution in [0.3, 0.4) is 0 Å². The number of unbranched alkanes of at least 4 members (excludes halogenated alkanes) is 3. The lowest BCUT2D eigenvalue weighted by Crippen LogP contribution is -2.54. The van der Waals surface area contributed by atoms with Crippen LogP contribution in [0.25, 0.3) is 6.08 Å². The van der Waals surface area contributed by atoms with Gasteiger partial charge in [-0.25, -0.2) is 9.69 Å². The minimum atomic E-state index is -0.855. The van der Waals surface area contributed by atoms with Gasteiger partial charge in [-0.3, -0.25) is 14.9 Å². The number of barbiturate groups is 1. The Kier molecular flexibility index (Phi) is 8.36. The Morgan fingerprint density at radius 3 is 2.55 bits per heavy atom. The van der Waals surface area contributed by atoms with Gasteiger partial charge in [-0.15, -0.1) is 0 Å². The summed E-state index contributed by atoms with van der Waals surface area (Å²) in [5.41, 5.74) is 0.445. The standard InChI is InChI=1S/C24H24Cl2N2O5/c1-3-4-5-6-10-33-21-19(26)12-15(13-20(21)32-2)11-18-22(29)27-24(31)28(23(18)30)17-9-7-8-16(25)14-17/h7-9,11-14H,3-6,10H2,1-2H3,(H,27,29,31)/b18-11+. The molecule has 33 heavy (non-hydrogen) atoms. The molecule has 2 aromatic rings. The molecule has 0 aromatic heterocycles. The number of carbonyl (C=O) groups excluding carboxylic acids is 3. The molecule has 1 heterocycles. The molecule has 0 unspecified atom stereocenters. The van der Waals surface area contributed by atoms with Crippen LogP contribution in [-0.4, -0.2) is 31.6 Å². The monoisotopic (exact) mass is 490 g/mol. The van der Waals surface area contributed by atoms with E-state index in [1.807, 2.05) is 0 Å². The van der Waals surface area contributed by atoms with Crippen molar-refractivity contribution in [2.24, 2.45) is 0 Å². The Bertz CT molecular complexity index is 1100. The number of hydrogen-bond donors (Lipinski definition) is 1. The summed E-state index contributed by atoms with van der Waals surface area (Å²) in [6.45, 7) is 2.63. The fourth-order valence-corrected chi connectivity index (χ4v) is 3.80. The van der Waals surface area contributed by atoms with Crippen LogP contribution in [0.1, 0.15) is 38.2 Å². The number of carbonyl (C=O) groups is 3. The van der Waals surface area contributed by atoms with Gasteiger partial charge in [0.25, 0.3) is 11.8 Å². The lowest BCUT2D eigenvalue weighted by Gasteiger charge is -2.26. The Balaban J connectivity index is 1.89. The first-order valence-corrected chi connectivity index (χ1v) is 11.3. The van der Waals surface area contributed by atoms with Crippen LogP contribution in [0.15, 0.2) is 42.0 Å². The Hall–Kier alpha value is -3.03. The molecule has 174 valence electrons. The minimum absolute atomic E-state index is 0.235. The van der Waals surface area contributed by atoms with E-state index in [1.54, 1.807) is 30.3 Å². The van der Waals surface area contributed by atoms with E-state index in [-0.39, 0.29) is 16.3 Å². The highest BCUT2D eigenvalue weighted by molar-refractivity contribution is 6.39. The summed E-state index contributed by atoms with van der Waals surface area (Å²) in [5.74, 6) is -0.823. The Labute approximate surface area is 202 Å². The van der Waals surface area contributed by atoms with Gasteiger partial charge in [0.05, 0.1) is 24.4 Å². The van der Waals surface area contributed by atoms with E-state index in [0.717, 1.165) is 30.6 Å². The third-order valence-electron chi connectivity index (χ3n) is 4.98. The van der Waals surface area contributed by atoms with Gasteiger partial charge in [-0.2, -0.15) is 0 Å². The number of halogens is 2. The van der Waals surface area contributed by atoms with Gasteiger partial charge >= 0.3 is 6.03 Å². The molecule has 0 atom stereocenters. The largest absolute Gasteiger partial charge is 0.493 e. The highest BCUT2D eigenvalue weighted by Gasteiger charge is 2.37. The third-order valence-corrected chi connectivity index (χ3v) is 5.49. The number of amides is 4. The summed E-state index contributed by atoms with van der Waals surface area (Å²) >= 11 is 12.4. The van der Waals surface area contributed by atoms with Gasteiger partial charge < -0.3 is 9.47 Å². The number of rotatable bonds is 9. The van der Waals surface area contributed by atoms with Gasteiger partial charge in [0, 0.05) is 5.02 Å². The van der Waals surface area contributed by atoms with Gasteiger partial charge in [-0.1, -0.05) is 55.5 Å². The van der Waals surface area contributed by atoms with E-state index >= 15 is 0 Å². The molecule has 1 aliphatic heterocycles. The van der Waals surface area contributed by atoms with Gasteiger partial charge in [0.2, 0.25) is 0 Å². The number of urea groups is 1. The van der Waals surface area contributed by atoms with E-state index in [1.165, 1.54) is 19.3 Å². The van der Waals surface area contributed by atoms with Crippen molar-refractivity contribution in [2.45, 2.75) is 32.6 Å². The lowest BCUT2D eigenvalue weighted by molar-refractivity contribution is -0.122. The molecular weight excluding hydrogens is 467 g/mol. The summed E-state index contributed by atoms with van der Waals surface area (Å²) < 4.78 is 11.2. The predicted molar refractivity (Wildman–Crippen MR) is 128 cm³/mol. The average molecular weight is 491 g/mol. The van der Waals surface area contributed by atoms with Crippen molar-refractivity contribution >= 4 is 52.8 Å². The molecule has 0 aliphatic carbocycles. The second kappa shape index (κ2) is 11.2. The van der Waals surface area contributed by atoms with Crippen molar-refractivity contribution in [3.63, 3.8) is 0 Å². The minimum Gasteiger partial charge on any atom is -0.493 e. The zero-order chi connectivity index (χ0) is 24.0. The first kappa shape index (κ1) is 24.6. The third kappa shape index (κ3) is 5.86. The zero-order valence-corrected chi connectivity index (χ0v) is 19.8. The number of hydrogen-bond acceptors (Lipinski definition) is 5. The number of ether oxygens (including phenoxy) is 2. The highest BCUT2D eigenvalue weighted by atomic mass is 35.5. The molecule has 2 aromatic carbocycles. The maximum Gasteiger partial charge on any atom is 0.335 e. The molecule has 1 fully saturated rings. The molecule has 1 aliphatic rings. The van der Waals surface area contributed by atoms with E-state index in [2.05, 4.69) is 12.2 Å². The number of methoxy groups -OCH3 is 1. The van der Waals surface area contributed by atoms with Crippen LogP contribution in [0.5, 0.6) is 11.5 Å². The predicted octanol–water partition coefficient (Wildman–Crippen LogP) is 5.63. The average Bonchev–Trinajstić information content (AvgIpc) is 2.77. The van der Waals surface area contributed by atoms with E-state index in [0.29, 0.717) is 28.7 Å². The van der Waals surface area contributed by atoms with Crippen LogP contribution in [-0.2, 0) is 9.59 Å². The molecule has 0 bridgehead atoms. The zero-order valence-electron chi connectivity index (χ0n) is 18.3. The molecule has 4 amide bonds. The van der Waals surface area contributed by atoms with E-state index < -0.39 is 17.8 Å². The van der Waals surface area contributed by atoms with Gasteiger partial charge in [0.15, 0.2) is 11.5 Å². The Morgan fingerprint density at radius 1 is 1.06 bits per heavy atom. The topological polar surface area (TPSA) is 84.9 Å². The molecule has 0 saturated carbocycles. The van der Waals surface area contributed by atoms with E-state index in [4.69, 9.17) is 32.7 Å². The number of imide groups is 2. The van der Waals surface area contributed by atoms with Crippen LogP contribution in [0.2, 0.25) is 10.0 Å². The maximum atomic E-state index is 13.0. The smallest absolute Gasteiger partial charge is 0.335 e. The number of anilines is 1. The second-order valence-corrected chi connectivity index (χ2v) is 8.22. The second-order valence-electron chi connectivity index (χ2n) is 7.38. The molecule has 1 saturated heterocycles. The summed E-state index contributed by atoms with van der Waals surface area (Å²) in [7, 11) is 1.48. The quantitative estimate of drug-likeness (QED) is 0.279. The Morgan fingerprint density at radius 2 is 1.85 bits per heavy atom. The van der Waals surface area contributed by atoms with Crippen LogP contribution in [0, 0.1) is 0 Å². The summed E-state index contributed by atoms with van der Waals surface area (Å²) in [5, 5.41) is 2.80. The first-order chi connectivity index (χ1) is 15.8. The fourth-order valence-electron chi connectivity index (χ4n) is 3.34.